The fourth-order valence-corrected chi connectivity index (χ4v) is 1.83. The van der Waals surface area contributed by atoms with Crippen LogP contribution >= 0.6 is 45.2 Å². The molecule has 0 rings (SSSR count). The Balaban J connectivity index is 3.03. The van der Waals surface area contributed by atoms with Crippen molar-refractivity contribution in [1.82, 2.24) is 0 Å². The Bertz CT molecular complexity index is 108. The van der Waals surface area contributed by atoms with Crippen LogP contribution in [0, 0.1) is 0 Å². The molecule has 0 spiro atoms. The number of unbranched alkanes of at least 4 members (excludes halogenated alkanes) is 3. The van der Waals surface area contributed by atoms with Crippen LogP contribution in [0.3, 0.4) is 0 Å². The average molecular weight is 392 g/mol. The molecule has 0 unspecified atom stereocenters. The van der Waals surface area contributed by atoms with Gasteiger partial charge in [-0.3, -0.25) is 0 Å². The van der Waals surface area contributed by atoms with Gasteiger partial charge in [0, 0.05) is 0 Å². The van der Waals surface area contributed by atoms with Crippen LogP contribution in [-0.2, 0) is 0 Å². The number of rotatable bonds is 7. The SMILES string of the molecule is CCCC/C=C/CCCC(I)I. The molecule has 0 atom stereocenters. The molecule has 12 heavy (non-hydrogen) atoms. The Kier molecular flexibility index (Phi) is 11.3. The predicted molar refractivity (Wildman–Crippen MR) is 74.3 cm³/mol. The van der Waals surface area contributed by atoms with E-state index in [4.69, 9.17) is 0 Å². The van der Waals surface area contributed by atoms with Crippen LogP contribution in [0.2, 0.25) is 0 Å². The van der Waals surface area contributed by atoms with Crippen molar-refractivity contribution in [3.05, 3.63) is 12.2 Å². The zero-order valence-electron chi connectivity index (χ0n) is 7.73. The van der Waals surface area contributed by atoms with Gasteiger partial charge < -0.3 is 0 Å². The fraction of sp³-hybridized carbons (Fsp3) is 0.800. The second-order valence-electron chi connectivity index (χ2n) is 2.94. The summed E-state index contributed by atoms with van der Waals surface area (Å²) < 4.78 is 0.809. The first-order valence-corrected chi connectivity index (χ1v) is 7.19. The first-order valence-electron chi connectivity index (χ1n) is 4.70. The van der Waals surface area contributed by atoms with E-state index in [2.05, 4.69) is 64.3 Å². The smallest absolute Gasteiger partial charge is 0.0626 e. The van der Waals surface area contributed by atoms with Crippen molar-refractivity contribution in [3.8, 4) is 0 Å². The molecule has 0 nitrogen and oxygen atoms in total. The van der Waals surface area contributed by atoms with E-state index in [1.807, 2.05) is 0 Å². The van der Waals surface area contributed by atoms with Gasteiger partial charge in [-0.25, -0.2) is 0 Å². The summed E-state index contributed by atoms with van der Waals surface area (Å²) in [5, 5.41) is 0. The normalized spacial score (nSPS) is 11.7. The van der Waals surface area contributed by atoms with Crippen LogP contribution < -0.4 is 0 Å². The monoisotopic (exact) mass is 392 g/mol. The van der Waals surface area contributed by atoms with E-state index < -0.39 is 0 Å². The third-order valence-corrected chi connectivity index (χ3v) is 2.93. The van der Waals surface area contributed by atoms with Gasteiger partial charge in [-0.05, 0) is 25.7 Å². The number of alkyl halides is 2. The summed E-state index contributed by atoms with van der Waals surface area (Å²) in [7, 11) is 0. The fourth-order valence-electron chi connectivity index (χ4n) is 0.948. The Hall–Kier alpha value is 1.20. The summed E-state index contributed by atoms with van der Waals surface area (Å²) in [5.41, 5.74) is 0. The second-order valence-corrected chi connectivity index (χ2v) is 8.33. The van der Waals surface area contributed by atoms with Crippen molar-refractivity contribution in [3.63, 3.8) is 0 Å². The summed E-state index contributed by atoms with van der Waals surface area (Å²) in [6.45, 7) is 2.24. The molecular weight excluding hydrogens is 374 g/mol. The van der Waals surface area contributed by atoms with Crippen molar-refractivity contribution in [2.75, 3.05) is 0 Å². The molecule has 0 aromatic rings. The Morgan fingerprint density at radius 1 is 1.08 bits per heavy atom. The molecule has 0 aromatic heterocycles. The molecule has 0 saturated carbocycles. The van der Waals surface area contributed by atoms with Gasteiger partial charge in [0.15, 0.2) is 0 Å². The lowest BCUT2D eigenvalue weighted by Gasteiger charge is -1.97. The van der Waals surface area contributed by atoms with Crippen molar-refractivity contribution in [2.24, 2.45) is 0 Å². The van der Waals surface area contributed by atoms with E-state index in [-0.39, 0.29) is 0 Å². The lowest BCUT2D eigenvalue weighted by atomic mass is 10.2. The van der Waals surface area contributed by atoms with E-state index in [1.54, 1.807) is 0 Å². The molecule has 72 valence electrons. The van der Waals surface area contributed by atoms with Gasteiger partial charge in [0.05, 0.1) is 1.93 Å². The third kappa shape index (κ3) is 11.2. The van der Waals surface area contributed by atoms with E-state index in [9.17, 15) is 0 Å². The quantitative estimate of drug-likeness (QED) is 0.245. The molecule has 0 amide bonds. The lowest BCUT2D eigenvalue weighted by molar-refractivity contribution is 0.796. The van der Waals surface area contributed by atoms with Gasteiger partial charge in [-0.1, -0.05) is 77.1 Å². The minimum absolute atomic E-state index is 0.809. The molecule has 0 heterocycles. The number of hydrogen-bond donors (Lipinski definition) is 0. The number of hydrogen-bond acceptors (Lipinski definition) is 0. The summed E-state index contributed by atoms with van der Waals surface area (Å²) in [6, 6.07) is 0. The topological polar surface area (TPSA) is 0 Å². The van der Waals surface area contributed by atoms with E-state index >= 15 is 0 Å². The summed E-state index contributed by atoms with van der Waals surface area (Å²) >= 11 is 4.96. The summed E-state index contributed by atoms with van der Waals surface area (Å²) in [5.74, 6) is 0. The van der Waals surface area contributed by atoms with E-state index in [0.717, 1.165) is 1.93 Å². The zero-order valence-corrected chi connectivity index (χ0v) is 12.0. The Morgan fingerprint density at radius 2 is 1.67 bits per heavy atom. The maximum atomic E-state index is 2.48. The predicted octanol–water partition coefficient (Wildman–Crippen LogP) is 5.10. The molecule has 0 saturated heterocycles. The number of allylic oxidation sites excluding steroid dienone is 2. The Labute approximate surface area is 104 Å². The highest BCUT2D eigenvalue weighted by atomic mass is 127. The van der Waals surface area contributed by atoms with Crippen LogP contribution in [0.4, 0.5) is 0 Å². The molecule has 0 aliphatic rings. The highest BCUT2D eigenvalue weighted by Crippen LogP contribution is 2.17. The van der Waals surface area contributed by atoms with Crippen LogP contribution in [0.25, 0.3) is 0 Å². The maximum Gasteiger partial charge on any atom is 0.0626 e. The third-order valence-electron chi connectivity index (χ3n) is 1.68. The molecule has 0 bridgehead atoms. The molecule has 0 aliphatic heterocycles. The molecule has 0 aromatic carbocycles. The molecular formula is C10H18I2. The summed E-state index contributed by atoms with van der Waals surface area (Å²) in [4.78, 5) is 0. The van der Waals surface area contributed by atoms with Crippen molar-refractivity contribution >= 4 is 45.2 Å². The number of halogens is 2. The summed E-state index contributed by atoms with van der Waals surface area (Å²) in [6.07, 6.45) is 12.6. The van der Waals surface area contributed by atoms with E-state index in [1.165, 1.54) is 38.5 Å². The first-order chi connectivity index (χ1) is 5.77. The highest BCUT2D eigenvalue weighted by Gasteiger charge is 1.94. The van der Waals surface area contributed by atoms with Gasteiger partial charge in [0.1, 0.15) is 0 Å². The second kappa shape index (κ2) is 10.3. The van der Waals surface area contributed by atoms with Crippen molar-refractivity contribution in [2.45, 2.75) is 47.4 Å². The van der Waals surface area contributed by atoms with Gasteiger partial charge in [-0.2, -0.15) is 0 Å². The van der Waals surface area contributed by atoms with Gasteiger partial charge >= 0.3 is 0 Å². The molecule has 0 N–H and O–H groups in total. The molecule has 0 aliphatic carbocycles. The molecule has 2 heteroatoms. The van der Waals surface area contributed by atoms with Crippen LogP contribution in [0.1, 0.15) is 45.4 Å². The Morgan fingerprint density at radius 3 is 2.17 bits per heavy atom. The van der Waals surface area contributed by atoms with E-state index in [0.29, 0.717) is 0 Å². The zero-order chi connectivity index (χ0) is 9.23. The van der Waals surface area contributed by atoms with Gasteiger partial charge in [0.2, 0.25) is 0 Å². The van der Waals surface area contributed by atoms with Gasteiger partial charge in [0.25, 0.3) is 0 Å². The van der Waals surface area contributed by atoms with Crippen LogP contribution in [-0.4, -0.2) is 1.93 Å². The molecule has 0 fully saturated rings. The van der Waals surface area contributed by atoms with Crippen molar-refractivity contribution < 1.29 is 0 Å². The maximum absolute atomic E-state index is 2.48. The minimum atomic E-state index is 0.809. The largest absolute Gasteiger partial charge is 0.0885 e. The van der Waals surface area contributed by atoms with Gasteiger partial charge in [-0.15, -0.1) is 0 Å². The molecule has 0 radical (unpaired) electrons. The van der Waals surface area contributed by atoms with Crippen LogP contribution in [0.5, 0.6) is 0 Å². The lowest BCUT2D eigenvalue weighted by Crippen LogP contribution is -1.82. The average Bonchev–Trinajstić information content (AvgIpc) is 2.02. The first kappa shape index (κ1) is 13.2. The minimum Gasteiger partial charge on any atom is -0.0885 e. The van der Waals surface area contributed by atoms with Crippen LogP contribution in [0.15, 0.2) is 12.2 Å². The standard InChI is InChI=1S/C10H18I2/c1-2-3-4-5-6-7-8-9-10(11)12/h5-6,10H,2-4,7-9H2,1H3/b6-5+. The van der Waals surface area contributed by atoms with Crippen molar-refractivity contribution in [1.29, 1.82) is 0 Å². The highest BCUT2D eigenvalue weighted by molar-refractivity contribution is 14.2.